The van der Waals surface area contributed by atoms with Gasteiger partial charge in [0, 0.05) is 6.42 Å². The number of nitrogens with two attached hydrogens (primary N) is 2. The Morgan fingerprint density at radius 3 is 2.93 bits per heavy atom. The van der Waals surface area contributed by atoms with Crippen LogP contribution in [0.2, 0.25) is 0 Å². The topological polar surface area (TPSA) is 183 Å². The van der Waals surface area contributed by atoms with Gasteiger partial charge in [-0.25, -0.2) is 15.0 Å². The molecule has 27 heavy (non-hydrogen) atoms. The third-order valence-electron chi connectivity index (χ3n) is 4.36. The van der Waals surface area contributed by atoms with Crippen LogP contribution in [0.15, 0.2) is 12.7 Å². The number of anilines is 1. The van der Waals surface area contributed by atoms with Crippen molar-refractivity contribution < 1.29 is 29.0 Å². The van der Waals surface area contributed by atoms with Gasteiger partial charge in [0.1, 0.15) is 47.7 Å². The first-order valence-corrected chi connectivity index (χ1v) is 9.67. The van der Waals surface area contributed by atoms with E-state index in [1.165, 1.54) is 17.2 Å². The second kappa shape index (κ2) is 7.94. The highest BCUT2D eigenvalue weighted by atomic mass is 32.2. The predicted molar refractivity (Wildman–Crippen MR) is 98.9 cm³/mol. The normalized spacial score (nSPS) is 29.8. The quantitative estimate of drug-likeness (QED) is 0.325. The molecule has 0 spiro atoms. The maximum Gasteiger partial charge on any atom is 0.320 e. The monoisotopic (exact) mass is 405 g/mol. The zero-order chi connectivity index (χ0) is 22.2. The van der Waals surface area contributed by atoms with Crippen molar-refractivity contribution >= 4 is 33.8 Å². The number of hydrogen-bond donors (Lipinski definition) is 5. The molecule has 148 valence electrons. The number of fused-ring (bicyclic) bond motifs is 1. The van der Waals surface area contributed by atoms with Gasteiger partial charge in [-0.3, -0.25) is 9.36 Å². The molecule has 1 aliphatic heterocycles. The van der Waals surface area contributed by atoms with E-state index in [4.69, 9.17) is 25.4 Å². The van der Waals surface area contributed by atoms with Gasteiger partial charge in [-0.2, -0.15) is 0 Å². The molecule has 3 rings (SSSR count). The molecule has 0 aromatic carbocycles. The van der Waals surface area contributed by atoms with Crippen LogP contribution in [0.25, 0.3) is 11.2 Å². The second-order valence-corrected chi connectivity index (χ2v) is 7.95. The first kappa shape index (κ1) is 16.0. The Bertz CT molecular complexity index is 915. The second-order valence-electron chi connectivity index (χ2n) is 6.23. The van der Waals surface area contributed by atoms with Crippen molar-refractivity contribution in [1.29, 1.82) is 0 Å². The Morgan fingerprint density at radius 1 is 1.44 bits per heavy atom. The van der Waals surface area contributed by atoms with E-state index in [-0.39, 0.29) is 23.7 Å². The van der Waals surface area contributed by atoms with Gasteiger partial charge in [0.15, 0.2) is 17.7 Å². The molecular weight excluding hydrogens is 376 g/mol. The summed E-state index contributed by atoms with van der Waals surface area (Å²) in [6.45, 7) is 0. The minimum atomic E-state index is -2.40. The summed E-state index contributed by atoms with van der Waals surface area (Å²) >= 11 is 0. The minimum absolute atomic E-state index is 0.0229. The number of nitrogen functional groups attached to an aromatic ring is 1. The standard InChI is InChI=1S/C15H22N6O5S/c1-27(3-2-7(16)15(24)25)4-8-10(22)11(23)14(26-8)21-6-20-9-12(17)18-5-19-13(9)21/h5-8,10-11,14,22-23H,2-4,16H2,1H3,(H2-,17,18,19,24,25)/p+1/i1T3. The number of imidazole rings is 1. The average Bonchev–Trinajstić information content (AvgIpc) is 3.21. The maximum atomic E-state index is 10.9. The van der Waals surface area contributed by atoms with Gasteiger partial charge in [-0.1, -0.05) is 0 Å². The molecule has 11 nitrogen and oxygen atoms in total. The van der Waals surface area contributed by atoms with E-state index in [2.05, 4.69) is 15.0 Å². The van der Waals surface area contributed by atoms with Crippen molar-refractivity contribution in [1.82, 2.24) is 19.5 Å². The van der Waals surface area contributed by atoms with Crippen molar-refractivity contribution in [2.75, 3.05) is 23.4 Å². The minimum Gasteiger partial charge on any atom is -0.480 e. The van der Waals surface area contributed by atoms with Gasteiger partial charge in [0.25, 0.3) is 0 Å². The molecule has 1 aliphatic rings. The first-order valence-electron chi connectivity index (χ1n) is 9.61. The Kier molecular flexibility index (Phi) is 4.71. The fourth-order valence-corrected chi connectivity index (χ4v) is 4.20. The van der Waals surface area contributed by atoms with E-state index in [0.29, 0.717) is 11.2 Å². The van der Waals surface area contributed by atoms with Crippen molar-refractivity contribution in [2.45, 2.75) is 37.0 Å². The highest BCUT2D eigenvalue weighted by Crippen LogP contribution is 2.32. The summed E-state index contributed by atoms with van der Waals surface area (Å²) in [6.07, 6.45) is -4.65. The fraction of sp³-hybridized carbons (Fsp3) is 0.600. The lowest BCUT2D eigenvalue weighted by Gasteiger charge is -2.16. The molecule has 0 amide bonds. The zero-order valence-corrected chi connectivity index (χ0v) is 15.0. The van der Waals surface area contributed by atoms with Crippen LogP contribution in [-0.2, 0) is 20.4 Å². The van der Waals surface area contributed by atoms with Crippen LogP contribution in [0.1, 0.15) is 16.8 Å². The van der Waals surface area contributed by atoms with Crippen LogP contribution < -0.4 is 11.5 Å². The van der Waals surface area contributed by atoms with E-state index in [1.54, 1.807) is 0 Å². The molecule has 1 fully saturated rings. The van der Waals surface area contributed by atoms with Crippen molar-refractivity contribution in [3.8, 4) is 0 Å². The molecule has 6 unspecified atom stereocenters. The largest absolute Gasteiger partial charge is 0.480 e. The van der Waals surface area contributed by atoms with Gasteiger partial charge in [-0.05, 0) is 10.9 Å². The third kappa shape index (κ3) is 3.99. The summed E-state index contributed by atoms with van der Waals surface area (Å²) in [7, 11) is -1.31. The maximum absolute atomic E-state index is 10.9. The Labute approximate surface area is 161 Å². The number of aliphatic hydroxyl groups is 2. The number of aliphatic carboxylic acids is 1. The van der Waals surface area contributed by atoms with Crippen molar-refractivity contribution in [2.24, 2.45) is 5.73 Å². The van der Waals surface area contributed by atoms with Crippen LogP contribution in [0, 0.1) is 0 Å². The summed E-state index contributed by atoms with van der Waals surface area (Å²) in [5.74, 6) is -1.15. The number of ether oxygens (including phenoxy) is 1. The predicted octanol–water partition coefficient (Wildman–Crippen LogP) is -1.92. The lowest BCUT2D eigenvalue weighted by molar-refractivity contribution is -0.138. The molecular formula is C15H23N6O5S+. The first-order chi connectivity index (χ1) is 14.0. The molecule has 0 saturated carbocycles. The molecule has 12 heteroatoms. The fourth-order valence-electron chi connectivity index (χ4n) is 2.83. The summed E-state index contributed by atoms with van der Waals surface area (Å²) in [5.41, 5.74) is 11.8. The van der Waals surface area contributed by atoms with E-state index in [0.717, 1.165) is 0 Å². The molecule has 0 bridgehead atoms. The molecule has 3 heterocycles. The van der Waals surface area contributed by atoms with E-state index in [9.17, 15) is 15.0 Å². The number of carboxylic acid groups (broad SMARTS) is 1. The third-order valence-corrected chi connectivity index (χ3v) is 5.82. The Balaban J connectivity index is 1.77. The highest BCUT2D eigenvalue weighted by Gasteiger charge is 2.46. The van der Waals surface area contributed by atoms with Crippen LogP contribution in [0.4, 0.5) is 5.82 Å². The summed E-state index contributed by atoms with van der Waals surface area (Å²) in [4.78, 5) is 22.9. The van der Waals surface area contributed by atoms with E-state index < -0.39 is 53.6 Å². The molecule has 7 N–H and O–H groups in total. The van der Waals surface area contributed by atoms with Gasteiger partial charge >= 0.3 is 5.97 Å². The number of hydrogen-bond acceptors (Lipinski definition) is 9. The summed E-state index contributed by atoms with van der Waals surface area (Å²) in [6, 6.07) is -1.18. The van der Waals surface area contributed by atoms with Crippen molar-refractivity contribution in [3.63, 3.8) is 0 Å². The smallest absolute Gasteiger partial charge is 0.320 e. The van der Waals surface area contributed by atoms with Crippen LogP contribution in [0.5, 0.6) is 0 Å². The molecule has 6 atom stereocenters. The van der Waals surface area contributed by atoms with E-state index in [1.807, 2.05) is 0 Å². The zero-order valence-electron chi connectivity index (χ0n) is 17.2. The number of aliphatic hydroxyl groups excluding tert-OH is 2. The summed E-state index contributed by atoms with van der Waals surface area (Å²) in [5, 5.41) is 29.9. The lowest BCUT2D eigenvalue weighted by Crippen LogP contribution is -2.37. The van der Waals surface area contributed by atoms with Gasteiger partial charge < -0.3 is 31.5 Å². The molecule has 2 aromatic rings. The average molecular weight is 405 g/mol. The molecule has 0 radical (unpaired) electrons. The molecule has 0 aliphatic carbocycles. The Morgan fingerprint density at radius 2 is 2.22 bits per heavy atom. The van der Waals surface area contributed by atoms with Gasteiger partial charge in [-0.15, -0.1) is 0 Å². The molecule has 2 aromatic heterocycles. The number of nitrogens with zero attached hydrogens (tertiary/aromatic N) is 4. The summed E-state index contributed by atoms with van der Waals surface area (Å²) < 4.78 is 30.4. The highest BCUT2D eigenvalue weighted by molar-refractivity contribution is 7.96. The number of carbonyl (C=O) groups is 1. The van der Waals surface area contributed by atoms with Crippen molar-refractivity contribution in [3.05, 3.63) is 12.7 Å². The number of carboxylic acids is 1. The van der Waals surface area contributed by atoms with E-state index >= 15 is 0 Å². The molecule has 1 saturated heterocycles. The SMILES string of the molecule is [3H]C([3H])([3H])[S+](CCC(N)C(=O)O)CC1OC(n2cnc3c(N)ncnc32)C(O)C1O. The van der Waals surface area contributed by atoms with Gasteiger partial charge in [0.2, 0.25) is 0 Å². The Hall–Kier alpha value is -1.99. The lowest BCUT2D eigenvalue weighted by atomic mass is 10.1. The van der Waals surface area contributed by atoms with Crippen LogP contribution in [-0.4, -0.2) is 82.9 Å². The van der Waals surface area contributed by atoms with Gasteiger partial charge in [0.05, 0.1) is 16.6 Å². The number of aromatic nitrogens is 4. The number of rotatable bonds is 7. The van der Waals surface area contributed by atoms with Crippen LogP contribution in [0.3, 0.4) is 0 Å². The van der Waals surface area contributed by atoms with Crippen LogP contribution >= 0.6 is 0 Å².